The van der Waals surface area contributed by atoms with Crippen molar-refractivity contribution in [3.63, 3.8) is 0 Å². The van der Waals surface area contributed by atoms with Gasteiger partial charge in [-0.25, -0.2) is 4.79 Å². The quantitative estimate of drug-likeness (QED) is 0.226. The number of rotatable bonds is 7. The molecule has 0 atom stereocenters. The van der Waals surface area contributed by atoms with Gasteiger partial charge in [0.2, 0.25) is 0 Å². The molecule has 0 radical (unpaired) electrons. The summed E-state index contributed by atoms with van der Waals surface area (Å²) in [4.78, 5) is 34.7. The van der Waals surface area contributed by atoms with Crippen LogP contribution in [0.3, 0.4) is 0 Å². The molecule has 0 aliphatic carbocycles. The molecule has 0 spiro atoms. The van der Waals surface area contributed by atoms with Gasteiger partial charge in [-0.3, -0.25) is 9.59 Å². The smallest absolute Gasteiger partial charge is 0.330 e. The Labute approximate surface area is 112 Å². The van der Waals surface area contributed by atoms with Gasteiger partial charge in [-0.2, -0.15) is 0 Å². The topological polar surface area (TPSA) is 78.9 Å². The maximum absolute atomic E-state index is 11.8. The number of esters is 3. The van der Waals surface area contributed by atoms with Crippen LogP contribution < -0.4 is 0 Å². The second-order valence-electron chi connectivity index (χ2n) is 3.69. The van der Waals surface area contributed by atoms with Gasteiger partial charge in [-0.1, -0.05) is 12.2 Å². The van der Waals surface area contributed by atoms with Gasteiger partial charge in [0.15, 0.2) is 5.41 Å². The molecule has 0 aliphatic rings. The van der Waals surface area contributed by atoms with Gasteiger partial charge in [0, 0.05) is 6.08 Å². The van der Waals surface area contributed by atoms with Crippen LogP contribution in [0.4, 0.5) is 0 Å². The minimum absolute atomic E-state index is 0.0395. The van der Waals surface area contributed by atoms with E-state index in [1.807, 2.05) is 0 Å². The molecule has 0 saturated heterocycles. The highest BCUT2D eigenvalue weighted by Gasteiger charge is 2.46. The van der Waals surface area contributed by atoms with E-state index < -0.39 is 23.3 Å². The van der Waals surface area contributed by atoms with E-state index in [9.17, 15) is 14.4 Å². The van der Waals surface area contributed by atoms with Crippen LogP contribution in [0.15, 0.2) is 24.8 Å². The van der Waals surface area contributed by atoms with Gasteiger partial charge in [0.1, 0.15) is 0 Å². The van der Waals surface area contributed by atoms with Crippen molar-refractivity contribution in [2.75, 3.05) is 21.3 Å². The molecule has 0 rings (SSSR count). The lowest BCUT2D eigenvalue weighted by Crippen LogP contribution is -2.40. The van der Waals surface area contributed by atoms with Crippen LogP contribution in [-0.2, 0) is 28.6 Å². The van der Waals surface area contributed by atoms with Crippen LogP contribution >= 0.6 is 0 Å². The summed E-state index contributed by atoms with van der Waals surface area (Å²) in [6.45, 7) is 3.51. The number of ether oxygens (including phenoxy) is 3. The number of carbonyl (C=O) groups excluding carboxylic acids is 3. The van der Waals surface area contributed by atoms with Crippen LogP contribution in [0.1, 0.15) is 12.8 Å². The molecular weight excluding hydrogens is 252 g/mol. The average molecular weight is 270 g/mol. The fraction of sp³-hybridized carbons (Fsp3) is 0.462. The molecule has 0 aromatic heterocycles. The maximum Gasteiger partial charge on any atom is 0.330 e. The first kappa shape index (κ1) is 16.9. The Morgan fingerprint density at radius 3 is 1.89 bits per heavy atom. The fourth-order valence-corrected chi connectivity index (χ4v) is 1.56. The molecule has 106 valence electrons. The van der Waals surface area contributed by atoms with Gasteiger partial charge in [-0.05, 0) is 12.8 Å². The summed E-state index contributed by atoms with van der Waals surface area (Å²) in [6.07, 6.45) is 3.90. The molecule has 6 nitrogen and oxygen atoms in total. The molecule has 0 aliphatic heterocycles. The normalized spacial score (nSPS) is 10.9. The van der Waals surface area contributed by atoms with E-state index in [0.29, 0.717) is 0 Å². The van der Waals surface area contributed by atoms with Crippen LogP contribution in [0.2, 0.25) is 0 Å². The third kappa shape index (κ3) is 4.24. The van der Waals surface area contributed by atoms with Gasteiger partial charge >= 0.3 is 17.9 Å². The Kier molecular flexibility index (Phi) is 7.18. The van der Waals surface area contributed by atoms with E-state index in [-0.39, 0.29) is 12.8 Å². The zero-order valence-electron chi connectivity index (χ0n) is 11.3. The van der Waals surface area contributed by atoms with Crippen molar-refractivity contribution in [3.05, 3.63) is 24.8 Å². The van der Waals surface area contributed by atoms with Crippen LogP contribution in [-0.4, -0.2) is 39.2 Å². The lowest BCUT2D eigenvalue weighted by Gasteiger charge is -2.25. The van der Waals surface area contributed by atoms with Gasteiger partial charge < -0.3 is 14.2 Å². The number of allylic oxidation sites excluding steroid dienone is 2. The van der Waals surface area contributed by atoms with E-state index >= 15 is 0 Å². The second kappa shape index (κ2) is 8.07. The second-order valence-corrected chi connectivity index (χ2v) is 3.69. The summed E-state index contributed by atoms with van der Waals surface area (Å²) < 4.78 is 13.7. The monoisotopic (exact) mass is 270 g/mol. The lowest BCUT2D eigenvalue weighted by atomic mass is 9.81. The summed E-state index contributed by atoms with van der Waals surface area (Å²) in [5.74, 6) is -2.07. The molecule has 0 aromatic rings. The zero-order valence-corrected chi connectivity index (χ0v) is 11.3. The Morgan fingerprint density at radius 2 is 1.53 bits per heavy atom. The minimum Gasteiger partial charge on any atom is -0.468 e. The van der Waals surface area contributed by atoms with E-state index in [4.69, 9.17) is 0 Å². The van der Waals surface area contributed by atoms with Crippen molar-refractivity contribution < 1.29 is 28.6 Å². The van der Waals surface area contributed by atoms with Crippen molar-refractivity contribution in [2.45, 2.75) is 12.8 Å². The summed E-state index contributed by atoms with van der Waals surface area (Å²) in [5.41, 5.74) is -1.53. The van der Waals surface area contributed by atoms with Gasteiger partial charge in [0.25, 0.3) is 0 Å². The first-order valence-electron chi connectivity index (χ1n) is 5.50. The van der Waals surface area contributed by atoms with Crippen molar-refractivity contribution in [1.29, 1.82) is 0 Å². The molecule has 0 unspecified atom stereocenters. The zero-order chi connectivity index (χ0) is 14.9. The number of methoxy groups -OCH3 is 3. The largest absolute Gasteiger partial charge is 0.468 e. The summed E-state index contributed by atoms with van der Waals surface area (Å²) in [6, 6.07) is 0. The molecule has 0 heterocycles. The molecule has 0 saturated carbocycles. The summed E-state index contributed by atoms with van der Waals surface area (Å²) in [7, 11) is 3.57. The summed E-state index contributed by atoms with van der Waals surface area (Å²) >= 11 is 0. The predicted molar refractivity (Wildman–Crippen MR) is 67.1 cm³/mol. The molecule has 6 heteroatoms. The first-order valence-corrected chi connectivity index (χ1v) is 5.50. The molecule has 0 amide bonds. The molecule has 0 aromatic carbocycles. The average Bonchev–Trinajstić information content (AvgIpc) is 2.44. The first-order chi connectivity index (χ1) is 8.98. The highest BCUT2D eigenvalue weighted by molar-refractivity contribution is 6.00. The van der Waals surface area contributed by atoms with Crippen LogP contribution in [0.5, 0.6) is 0 Å². The molecule has 0 bridgehead atoms. The number of hydrogen-bond acceptors (Lipinski definition) is 6. The standard InChI is InChI=1S/C13H18O6/c1-5-8-13(11(15)18-3,12(16)19-4)9-6-7-10(14)17-2/h5-7H,1,8-9H2,2-4H3/b7-6+. The van der Waals surface area contributed by atoms with E-state index in [1.165, 1.54) is 33.5 Å². The third-order valence-corrected chi connectivity index (χ3v) is 2.57. The molecule has 0 N–H and O–H groups in total. The van der Waals surface area contributed by atoms with Crippen molar-refractivity contribution in [2.24, 2.45) is 5.41 Å². The maximum atomic E-state index is 11.8. The molecular formula is C13H18O6. The number of hydrogen-bond donors (Lipinski definition) is 0. The Balaban J connectivity index is 5.27. The Morgan fingerprint density at radius 1 is 1.00 bits per heavy atom. The van der Waals surface area contributed by atoms with Crippen molar-refractivity contribution in [1.82, 2.24) is 0 Å². The minimum atomic E-state index is -1.53. The fourth-order valence-electron chi connectivity index (χ4n) is 1.56. The van der Waals surface area contributed by atoms with Crippen LogP contribution in [0, 0.1) is 5.41 Å². The third-order valence-electron chi connectivity index (χ3n) is 2.57. The Bertz CT molecular complexity index is 367. The SMILES string of the molecule is C=CCC(C/C=C/C(=O)OC)(C(=O)OC)C(=O)OC. The predicted octanol–water partition coefficient (Wildman–Crippen LogP) is 1.01. The van der Waals surface area contributed by atoms with Gasteiger partial charge in [0.05, 0.1) is 21.3 Å². The highest BCUT2D eigenvalue weighted by atomic mass is 16.5. The van der Waals surface area contributed by atoms with E-state index in [0.717, 1.165) is 6.08 Å². The van der Waals surface area contributed by atoms with Crippen LogP contribution in [0.25, 0.3) is 0 Å². The van der Waals surface area contributed by atoms with E-state index in [2.05, 4.69) is 20.8 Å². The highest BCUT2D eigenvalue weighted by Crippen LogP contribution is 2.31. The van der Waals surface area contributed by atoms with E-state index in [1.54, 1.807) is 0 Å². The lowest BCUT2D eigenvalue weighted by molar-refractivity contribution is -0.168. The summed E-state index contributed by atoms with van der Waals surface area (Å²) in [5, 5.41) is 0. The van der Waals surface area contributed by atoms with Crippen molar-refractivity contribution >= 4 is 17.9 Å². The Hall–Kier alpha value is -2.11. The molecule has 19 heavy (non-hydrogen) atoms. The van der Waals surface area contributed by atoms with Crippen molar-refractivity contribution in [3.8, 4) is 0 Å². The van der Waals surface area contributed by atoms with Gasteiger partial charge in [-0.15, -0.1) is 6.58 Å². The number of carbonyl (C=O) groups is 3. The molecule has 0 fully saturated rings.